The smallest absolute Gasteiger partial charge is 0.363 e. The summed E-state index contributed by atoms with van der Waals surface area (Å²) in [6.07, 6.45) is 3.20. The highest BCUT2D eigenvalue weighted by molar-refractivity contribution is 14.1. The fraction of sp³-hybridized carbons (Fsp3) is 0.0476. The van der Waals surface area contributed by atoms with E-state index >= 15 is 0 Å². The third-order valence-electron chi connectivity index (χ3n) is 3.97. The predicted octanol–water partition coefficient (Wildman–Crippen LogP) is 6.17. The van der Waals surface area contributed by atoms with Crippen molar-refractivity contribution < 1.29 is 18.7 Å². The molecular weight excluding hydrogens is 664 g/mol. The third kappa shape index (κ3) is 4.92. The number of rotatable bonds is 5. The van der Waals surface area contributed by atoms with Crippen LogP contribution in [0.15, 0.2) is 74.4 Å². The predicted molar refractivity (Wildman–Crippen MR) is 130 cm³/mol. The molecule has 0 bridgehead atoms. The maximum Gasteiger partial charge on any atom is 0.363 e. The summed E-state index contributed by atoms with van der Waals surface area (Å²) < 4.78 is 19.4. The highest BCUT2D eigenvalue weighted by atomic mass is 127. The highest BCUT2D eigenvalue weighted by Crippen LogP contribution is 2.31. The number of ether oxygens (including phenoxy) is 2. The molecule has 0 saturated carbocycles. The molecule has 0 radical (unpaired) electrons. The molecule has 8 heteroatoms. The minimum Gasteiger partial charge on any atom is -0.487 e. The Labute approximate surface area is 202 Å². The van der Waals surface area contributed by atoms with Crippen LogP contribution in [0.1, 0.15) is 16.9 Å². The van der Waals surface area contributed by atoms with Crippen LogP contribution in [0.25, 0.3) is 6.08 Å². The summed E-state index contributed by atoms with van der Waals surface area (Å²) in [6, 6.07) is 15.3. The normalized spacial score (nSPS) is 14.8. The molecule has 0 amide bonds. The molecule has 1 aliphatic rings. The van der Waals surface area contributed by atoms with Gasteiger partial charge in [0.2, 0.25) is 0 Å². The number of cyclic esters (lactones) is 1. The summed E-state index contributed by atoms with van der Waals surface area (Å²) >= 11 is 7.89. The topological polar surface area (TPSA) is 61.0 Å². The summed E-state index contributed by atoms with van der Waals surface area (Å²) in [6.45, 7) is 0.475. The van der Waals surface area contributed by atoms with Gasteiger partial charge in [-0.05, 0) is 98.8 Å². The Bertz CT molecular complexity index is 1100. The maximum absolute atomic E-state index is 12.1. The summed E-state index contributed by atoms with van der Waals surface area (Å²) in [5.74, 6) is 0.898. The Kier molecular flexibility index (Phi) is 6.40. The Morgan fingerprint density at radius 3 is 2.48 bits per heavy atom. The maximum atomic E-state index is 12.1. The molecule has 0 aliphatic carbocycles. The number of benzene rings is 2. The van der Waals surface area contributed by atoms with Gasteiger partial charge in [-0.15, -0.1) is 0 Å². The van der Waals surface area contributed by atoms with Crippen molar-refractivity contribution in [2.24, 2.45) is 4.99 Å². The van der Waals surface area contributed by atoms with Crippen molar-refractivity contribution >= 4 is 79.1 Å². The number of carbonyl (C=O) groups is 1. The first kappa shape index (κ1) is 20.6. The molecular formula is C21H12BrI2NO4. The van der Waals surface area contributed by atoms with Crippen LogP contribution in [-0.2, 0) is 16.1 Å². The van der Waals surface area contributed by atoms with E-state index in [1.165, 1.54) is 6.26 Å². The molecule has 0 fully saturated rings. The van der Waals surface area contributed by atoms with Gasteiger partial charge in [-0.2, -0.15) is 0 Å². The van der Waals surface area contributed by atoms with E-state index in [1.54, 1.807) is 18.2 Å². The molecule has 1 aromatic heterocycles. The number of nitrogens with zero attached hydrogens (tertiary/aromatic N) is 1. The van der Waals surface area contributed by atoms with E-state index in [9.17, 15) is 4.79 Å². The molecule has 2 aromatic carbocycles. The zero-order chi connectivity index (χ0) is 20.4. The molecule has 3 aromatic rings. The number of esters is 1. The zero-order valence-electron chi connectivity index (χ0n) is 14.7. The molecule has 0 saturated heterocycles. The summed E-state index contributed by atoms with van der Waals surface area (Å²) in [5, 5.41) is 0. The number of furan rings is 1. The summed E-state index contributed by atoms with van der Waals surface area (Å²) in [5.41, 5.74) is 2.15. The van der Waals surface area contributed by atoms with Crippen molar-refractivity contribution in [1.82, 2.24) is 0 Å². The highest BCUT2D eigenvalue weighted by Gasteiger charge is 2.26. The Morgan fingerprint density at radius 1 is 1.10 bits per heavy atom. The first-order valence-electron chi connectivity index (χ1n) is 8.42. The van der Waals surface area contributed by atoms with Crippen LogP contribution < -0.4 is 4.74 Å². The third-order valence-corrected chi connectivity index (χ3v) is 6.10. The quantitative estimate of drug-likeness (QED) is 0.184. The average Bonchev–Trinajstić information content (AvgIpc) is 3.33. The van der Waals surface area contributed by atoms with Gasteiger partial charge in [0.15, 0.2) is 11.5 Å². The van der Waals surface area contributed by atoms with E-state index in [0.717, 1.165) is 28.5 Å². The van der Waals surface area contributed by atoms with Crippen LogP contribution >= 0.6 is 61.1 Å². The Hall–Kier alpha value is -1.66. The van der Waals surface area contributed by atoms with E-state index in [-0.39, 0.29) is 11.6 Å². The van der Waals surface area contributed by atoms with Crippen LogP contribution in [-0.4, -0.2) is 11.9 Å². The van der Waals surface area contributed by atoms with Gasteiger partial charge < -0.3 is 13.9 Å². The van der Waals surface area contributed by atoms with Gasteiger partial charge in [0.05, 0.1) is 13.4 Å². The molecule has 5 nitrogen and oxygen atoms in total. The Morgan fingerprint density at radius 2 is 1.83 bits per heavy atom. The SMILES string of the molecule is O=C1OC(c2ccco2)=N/C1=C\c1cc(I)c(OCc2ccc(Br)cc2)c(I)c1. The molecule has 2 heterocycles. The fourth-order valence-electron chi connectivity index (χ4n) is 2.61. The van der Waals surface area contributed by atoms with Crippen LogP contribution in [0.4, 0.5) is 0 Å². The largest absolute Gasteiger partial charge is 0.487 e. The lowest BCUT2D eigenvalue weighted by atomic mass is 10.2. The second-order valence-electron chi connectivity index (χ2n) is 6.04. The van der Waals surface area contributed by atoms with Gasteiger partial charge >= 0.3 is 5.97 Å². The van der Waals surface area contributed by atoms with Crippen molar-refractivity contribution in [3.63, 3.8) is 0 Å². The molecule has 4 rings (SSSR count). The number of carbonyl (C=O) groups excluding carboxylic acids is 1. The van der Waals surface area contributed by atoms with Crippen molar-refractivity contribution in [2.75, 3.05) is 0 Å². The lowest BCUT2D eigenvalue weighted by Gasteiger charge is -2.11. The van der Waals surface area contributed by atoms with E-state index in [1.807, 2.05) is 36.4 Å². The first-order chi connectivity index (χ1) is 14.0. The van der Waals surface area contributed by atoms with Gasteiger partial charge in [-0.1, -0.05) is 28.1 Å². The van der Waals surface area contributed by atoms with Crippen LogP contribution in [0, 0.1) is 7.14 Å². The van der Waals surface area contributed by atoms with Gasteiger partial charge in [0.25, 0.3) is 5.90 Å². The second-order valence-corrected chi connectivity index (χ2v) is 9.28. The molecule has 0 spiro atoms. The summed E-state index contributed by atoms with van der Waals surface area (Å²) in [4.78, 5) is 16.4. The number of aliphatic imine (C=N–C) groups is 1. The Balaban J connectivity index is 1.54. The number of hydrogen-bond donors (Lipinski definition) is 0. The number of halogens is 3. The van der Waals surface area contributed by atoms with E-state index < -0.39 is 5.97 Å². The van der Waals surface area contributed by atoms with Crippen LogP contribution in [0.2, 0.25) is 0 Å². The van der Waals surface area contributed by atoms with Crippen molar-refractivity contribution in [3.05, 3.63) is 89.0 Å². The van der Waals surface area contributed by atoms with Crippen LogP contribution in [0.5, 0.6) is 5.75 Å². The lowest BCUT2D eigenvalue weighted by Crippen LogP contribution is -2.04. The van der Waals surface area contributed by atoms with Crippen molar-refractivity contribution in [1.29, 1.82) is 0 Å². The van der Waals surface area contributed by atoms with Gasteiger partial charge in [-0.25, -0.2) is 9.79 Å². The van der Waals surface area contributed by atoms with E-state index in [0.29, 0.717) is 12.4 Å². The summed E-state index contributed by atoms with van der Waals surface area (Å²) in [7, 11) is 0. The van der Waals surface area contributed by atoms with E-state index in [2.05, 4.69) is 66.1 Å². The van der Waals surface area contributed by atoms with E-state index in [4.69, 9.17) is 13.9 Å². The minimum absolute atomic E-state index is 0.171. The van der Waals surface area contributed by atoms with Gasteiger partial charge in [0.1, 0.15) is 12.4 Å². The molecule has 0 N–H and O–H groups in total. The molecule has 146 valence electrons. The molecule has 1 aliphatic heterocycles. The zero-order valence-corrected chi connectivity index (χ0v) is 20.6. The van der Waals surface area contributed by atoms with Gasteiger partial charge in [0, 0.05) is 4.47 Å². The van der Waals surface area contributed by atoms with Crippen molar-refractivity contribution in [3.8, 4) is 5.75 Å². The standard InChI is InChI=1S/C21H12BrI2NO4/c22-14-5-3-12(4-6-14)11-28-19-15(23)8-13(9-16(19)24)10-17-21(26)29-20(25-17)18-2-1-7-27-18/h1-10H,11H2/b17-10-. The lowest BCUT2D eigenvalue weighted by molar-refractivity contribution is -0.130. The second kappa shape index (κ2) is 9.00. The first-order valence-corrected chi connectivity index (χ1v) is 11.4. The molecule has 0 unspecified atom stereocenters. The average molecular weight is 676 g/mol. The molecule has 29 heavy (non-hydrogen) atoms. The fourth-order valence-corrected chi connectivity index (χ4v) is 5.00. The van der Waals surface area contributed by atoms with Crippen LogP contribution in [0.3, 0.4) is 0 Å². The monoisotopic (exact) mass is 675 g/mol. The number of hydrogen-bond acceptors (Lipinski definition) is 5. The molecule has 0 atom stereocenters. The van der Waals surface area contributed by atoms with Crippen molar-refractivity contribution in [2.45, 2.75) is 6.61 Å². The minimum atomic E-state index is -0.503. The van der Waals surface area contributed by atoms with Gasteiger partial charge in [-0.3, -0.25) is 0 Å².